The molecular weight excluding hydrogens is 392 g/mol. The number of carbonyl (C=O) groups excluding carboxylic acids is 1. The summed E-state index contributed by atoms with van der Waals surface area (Å²) in [5.74, 6) is 0.914. The predicted octanol–water partition coefficient (Wildman–Crippen LogP) is 3.91. The van der Waals surface area contributed by atoms with Gasteiger partial charge in [0.15, 0.2) is 0 Å². The van der Waals surface area contributed by atoms with E-state index < -0.39 is 0 Å². The van der Waals surface area contributed by atoms with Gasteiger partial charge >= 0.3 is 0 Å². The highest BCUT2D eigenvalue weighted by atomic mass is 16.5. The van der Waals surface area contributed by atoms with Gasteiger partial charge in [0.25, 0.3) is 5.91 Å². The van der Waals surface area contributed by atoms with Crippen LogP contribution in [-0.4, -0.2) is 42.5 Å². The van der Waals surface area contributed by atoms with Crippen molar-refractivity contribution >= 4 is 5.91 Å². The van der Waals surface area contributed by atoms with Crippen LogP contribution in [0, 0.1) is 13.8 Å². The monoisotopic (exact) mass is 414 g/mol. The van der Waals surface area contributed by atoms with E-state index in [-0.39, 0.29) is 11.9 Å². The molecule has 31 heavy (non-hydrogen) atoms. The molecule has 1 saturated heterocycles. The molecule has 1 unspecified atom stereocenters. The average molecular weight is 414 g/mol. The lowest BCUT2D eigenvalue weighted by Gasteiger charge is -2.23. The summed E-state index contributed by atoms with van der Waals surface area (Å²) in [5, 5.41) is 12.6. The van der Waals surface area contributed by atoms with Gasteiger partial charge in [0.1, 0.15) is 6.04 Å². The second kappa shape index (κ2) is 7.79. The number of amides is 1. The fourth-order valence-electron chi connectivity index (χ4n) is 4.03. The standard InChI is InChI=1S/C23H22N6O2/c1-15-5-3-6-17(13-15)21-26-22(31-27-21)20-7-4-12-28(20)23(30)18-14-16(2)8-9-19(18)29-24-10-11-25-29/h3,5-6,8-11,13-14,20H,4,7,12H2,1-2H3. The molecule has 8 nitrogen and oxygen atoms in total. The highest BCUT2D eigenvalue weighted by molar-refractivity contribution is 5.98. The zero-order chi connectivity index (χ0) is 21.4. The van der Waals surface area contributed by atoms with E-state index >= 15 is 0 Å². The molecule has 0 aliphatic carbocycles. The number of rotatable bonds is 4. The fourth-order valence-corrected chi connectivity index (χ4v) is 4.03. The Labute approximate surface area is 179 Å². The first kappa shape index (κ1) is 19.2. The van der Waals surface area contributed by atoms with Crippen LogP contribution in [0.1, 0.15) is 46.3 Å². The zero-order valence-electron chi connectivity index (χ0n) is 17.4. The van der Waals surface area contributed by atoms with Crippen LogP contribution >= 0.6 is 0 Å². The van der Waals surface area contributed by atoms with Crippen molar-refractivity contribution in [1.29, 1.82) is 0 Å². The van der Waals surface area contributed by atoms with Crippen molar-refractivity contribution in [2.45, 2.75) is 32.7 Å². The number of hydrogen-bond donors (Lipinski definition) is 0. The SMILES string of the molecule is Cc1cccc(-c2noc(C3CCCN3C(=O)c3cc(C)ccc3-n3nccn3)n2)c1. The highest BCUT2D eigenvalue weighted by Gasteiger charge is 2.35. The number of likely N-dealkylation sites (tertiary alicyclic amines) is 1. The minimum Gasteiger partial charge on any atom is -0.337 e. The number of aryl methyl sites for hydroxylation is 2. The van der Waals surface area contributed by atoms with Gasteiger partial charge in [-0.3, -0.25) is 4.79 Å². The van der Waals surface area contributed by atoms with E-state index in [2.05, 4.69) is 20.3 Å². The van der Waals surface area contributed by atoms with E-state index in [0.29, 0.717) is 29.5 Å². The maximum atomic E-state index is 13.6. The predicted molar refractivity (Wildman–Crippen MR) is 114 cm³/mol. The number of carbonyl (C=O) groups is 1. The van der Waals surface area contributed by atoms with Crippen molar-refractivity contribution in [2.75, 3.05) is 6.54 Å². The molecule has 1 aliphatic heterocycles. The van der Waals surface area contributed by atoms with Gasteiger partial charge in [-0.2, -0.15) is 20.0 Å². The molecular formula is C23H22N6O2. The molecule has 1 aliphatic rings. The third kappa shape index (κ3) is 3.61. The Morgan fingerprint density at radius 1 is 1.06 bits per heavy atom. The van der Waals surface area contributed by atoms with Crippen LogP contribution in [0.15, 0.2) is 59.4 Å². The topological polar surface area (TPSA) is 89.9 Å². The molecule has 0 N–H and O–H groups in total. The van der Waals surface area contributed by atoms with Crippen molar-refractivity contribution in [3.63, 3.8) is 0 Å². The molecule has 2 aromatic carbocycles. The van der Waals surface area contributed by atoms with Crippen molar-refractivity contribution in [2.24, 2.45) is 0 Å². The van der Waals surface area contributed by atoms with Crippen LogP contribution in [0.5, 0.6) is 0 Å². The molecule has 1 amide bonds. The van der Waals surface area contributed by atoms with Gasteiger partial charge in [-0.1, -0.05) is 40.5 Å². The molecule has 0 saturated carbocycles. The van der Waals surface area contributed by atoms with Gasteiger partial charge in [-0.25, -0.2) is 0 Å². The van der Waals surface area contributed by atoms with Gasteiger partial charge in [0.2, 0.25) is 11.7 Å². The summed E-state index contributed by atoms with van der Waals surface area (Å²) < 4.78 is 5.60. The van der Waals surface area contributed by atoms with E-state index in [1.54, 1.807) is 12.4 Å². The zero-order valence-corrected chi connectivity index (χ0v) is 17.4. The molecule has 2 aromatic heterocycles. The summed E-state index contributed by atoms with van der Waals surface area (Å²) in [6.45, 7) is 4.62. The molecule has 0 bridgehead atoms. The summed E-state index contributed by atoms with van der Waals surface area (Å²) in [6, 6.07) is 13.4. The summed E-state index contributed by atoms with van der Waals surface area (Å²) in [4.78, 5) is 21.5. The van der Waals surface area contributed by atoms with Crippen LogP contribution in [0.2, 0.25) is 0 Å². The van der Waals surface area contributed by atoms with Crippen molar-refractivity contribution in [3.05, 3.63) is 77.4 Å². The largest absolute Gasteiger partial charge is 0.337 e. The van der Waals surface area contributed by atoms with E-state index in [1.165, 1.54) is 4.80 Å². The Kier molecular flexibility index (Phi) is 4.82. The lowest BCUT2D eigenvalue weighted by Crippen LogP contribution is -2.31. The van der Waals surface area contributed by atoms with Crippen LogP contribution in [0.4, 0.5) is 0 Å². The minimum atomic E-state index is -0.252. The van der Waals surface area contributed by atoms with Gasteiger partial charge in [-0.15, -0.1) is 0 Å². The molecule has 8 heteroatoms. The Morgan fingerprint density at radius 2 is 1.87 bits per heavy atom. The van der Waals surface area contributed by atoms with Crippen LogP contribution in [0.3, 0.4) is 0 Å². The lowest BCUT2D eigenvalue weighted by atomic mass is 10.1. The Hall–Kier alpha value is -3.81. The molecule has 156 valence electrons. The maximum absolute atomic E-state index is 13.6. The normalized spacial score (nSPS) is 16.1. The molecule has 0 radical (unpaired) electrons. The van der Waals surface area contributed by atoms with E-state index in [1.807, 2.05) is 61.2 Å². The van der Waals surface area contributed by atoms with E-state index in [9.17, 15) is 4.79 Å². The molecule has 4 aromatic rings. The Bertz CT molecular complexity index is 1230. The van der Waals surface area contributed by atoms with Crippen LogP contribution in [0.25, 0.3) is 17.1 Å². The first-order valence-corrected chi connectivity index (χ1v) is 10.3. The fraction of sp³-hybridized carbons (Fsp3) is 0.261. The average Bonchev–Trinajstić information content (AvgIpc) is 3.54. The molecule has 0 spiro atoms. The number of nitrogens with zero attached hydrogens (tertiary/aromatic N) is 6. The minimum absolute atomic E-state index is 0.0891. The van der Waals surface area contributed by atoms with Crippen LogP contribution in [-0.2, 0) is 0 Å². The van der Waals surface area contributed by atoms with Gasteiger partial charge < -0.3 is 9.42 Å². The number of hydrogen-bond acceptors (Lipinski definition) is 6. The smallest absolute Gasteiger partial charge is 0.256 e. The quantitative estimate of drug-likeness (QED) is 0.503. The summed E-state index contributed by atoms with van der Waals surface area (Å²) in [6.07, 6.45) is 4.85. The summed E-state index contributed by atoms with van der Waals surface area (Å²) >= 11 is 0. The second-order valence-electron chi connectivity index (χ2n) is 7.82. The van der Waals surface area contributed by atoms with Gasteiger partial charge in [0, 0.05) is 12.1 Å². The highest BCUT2D eigenvalue weighted by Crippen LogP contribution is 2.34. The first-order valence-electron chi connectivity index (χ1n) is 10.3. The number of benzene rings is 2. The third-order valence-corrected chi connectivity index (χ3v) is 5.53. The van der Waals surface area contributed by atoms with Gasteiger partial charge in [-0.05, 0) is 44.9 Å². The van der Waals surface area contributed by atoms with Crippen LogP contribution < -0.4 is 0 Å². The second-order valence-corrected chi connectivity index (χ2v) is 7.82. The molecule has 1 fully saturated rings. The molecule has 5 rings (SSSR count). The first-order chi connectivity index (χ1) is 15.1. The van der Waals surface area contributed by atoms with Crippen molar-refractivity contribution in [1.82, 2.24) is 30.0 Å². The Morgan fingerprint density at radius 3 is 2.68 bits per heavy atom. The van der Waals surface area contributed by atoms with Crippen molar-refractivity contribution in [3.8, 4) is 17.1 Å². The van der Waals surface area contributed by atoms with Crippen molar-refractivity contribution < 1.29 is 9.32 Å². The third-order valence-electron chi connectivity index (χ3n) is 5.53. The van der Waals surface area contributed by atoms with E-state index in [4.69, 9.17) is 4.52 Å². The van der Waals surface area contributed by atoms with Gasteiger partial charge in [0.05, 0.1) is 23.6 Å². The molecule has 3 heterocycles. The number of aromatic nitrogens is 5. The summed E-state index contributed by atoms with van der Waals surface area (Å²) in [5.41, 5.74) is 4.23. The Balaban J connectivity index is 1.47. The molecule has 1 atom stereocenters. The lowest BCUT2D eigenvalue weighted by molar-refractivity contribution is 0.0709. The summed E-state index contributed by atoms with van der Waals surface area (Å²) in [7, 11) is 0. The maximum Gasteiger partial charge on any atom is 0.256 e. The van der Waals surface area contributed by atoms with E-state index in [0.717, 1.165) is 29.5 Å².